The molecular weight excluding hydrogens is 222 g/mol. The predicted octanol–water partition coefficient (Wildman–Crippen LogP) is 1.65. The number of nitrogens with zero attached hydrogens (tertiary/aromatic N) is 2. The van der Waals surface area contributed by atoms with Gasteiger partial charge in [-0.2, -0.15) is 21.7 Å². The van der Waals surface area contributed by atoms with Gasteiger partial charge in [-0.25, -0.2) is 0 Å². The van der Waals surface area contributed by atoms with Gasteiger partial charge in [0.15, 0.2) is 0 Å². The zero-order valence-electron chi connectivity index (χ0n) is 9.95. The van der Waals surface area contributed by atoms with Gasteiger partial charge >= 0.3 is 0 Å². The molecule has 0 bridgehead atoms. The van der Waals surface area contributed by atoms with Gasteiger partial charge in [0, 0.05) is 19.2 Å². The van der Waals surface area contributed by atoms with Gasteiger partial charge in [0.05, 0.1) is 0 Å². The molecule has 0 aliphatic heterocycles. The van der Waals surface area contributed by atoms with Gasteiger partial charge in [-0.15, -0.1) is 0 Å². The molecule has 0 fully saturated rings. The first-order valence-corrected chi connectivity index (χ1v) is 6.63. The quantitative estimate of drug-likeness (QED) is 0.703. The van der Waals surface area contributed by atoms with E-state index in [2.05, 4.69) is 33.8 Å². The molecule has 0 aromatic carbocycles. The van der Waals surface area contributed by atoms with E-state index in [1.807, 2.05) is 24.9 Å². The second-order valence-corrected chi connectivity index (χ2v) is 4.56. The number of thioether (sulfide) groups is 1. The molecule has 90 valence electrons. The Labute approximate surface area is 101 Å². The summed E-state index contributed by atoms with van der Waals surface area (Å²) in [5.41, 5.74) is 5.60. The van der Waals surface area contributed by atoms with Crippen LogP contribution in [0.5, 0.6) is 0 Å². The van der Waals surface area contributed by atoms with Gasteiger partial charge in [-0.1, -0.05) is 0 Å². The predicted molar refractivity (Wildman–Crippen MR) is 72.1 cm³/mol. The summed E-state index contributed by atoms with van der Waals surface area (Å²) in [4.78, 5) is 8.17. The molecule has 6 heteroatoms. The van der Waals surface area contributed by atoms with Crippen LogP contribution in [0.2, 0.25) is 0 Å². The third kappa shape index (κ3) is 4.14. The number of nitrogens with one attached hydrogen (secondary N) is 2. The third-order valence-corrected chi connectivity index (χ3v) is 2.79. The monoisotopic (exact) mass is 241 g/mol. The van der Waals surface area contributed by atoms with Crippen LogP contribution < -0.4 is 16.4 Å². The number of rotatable bonds is 6. The van der Waals surface area contributed by atoms with Crippen molar-refractivity contribution in [1.29, 1.82) is 0 Å². The first kappa shape index (κ1) is 12.9. The van der Waals surface area contributed by atoms with Gasteiger partial charge in [-0.3, -0.25) is 0 Å². The topological polar surface area (TPSA) is 75.9 Å². The highest BCUT2D eigenvalue weighted by Gasteiger charge is 2.05. The Morgan fingerprint density at radius 2 is 2.12 bits per heavy atom. The number of hydrogen-bond acceptors (Lipinski definition) is 6. The average molecular weight is 241 g/mol. The Kier molecular flexibility index (Phi) is 5.18. The maximum atomic E-state index is 5.60. The van der Waals surface area contributed by atoms with E-state index in [9.17, 15) is 0 Å². The maximum absolute atomic E-state index is 5.60. The highest BCUT2D eigenvalue weighted by Crippen LogP contribution is 2.14. The van der Waals surface area contributed by atoms with Gasteiger partial charge < -0.3 is 16.4 Å². The van der Waals surface area contributed by atoms with Crippen LogP contribution in [-0.2, 0) is 0 Å². The highest BCUT2D eigenvalue weighted by atomic mass is 32.2. The van der Waals surface area contributed by atoms with E-state index in [0.29, 0.717) is 6.04 Å². The fourth-order valence-corrected chi connectivity index (χ4v) is 1.88. The van der Waals surface area contributed by atoms with Crippen molar-refractivity contribution in [1.82, 2.24) is 9.97 Å². The number of anilines is 3. The first-order chi connectivity index (χ1) is 7.65. The van der Waals surface area contributed by atoms with Crippen molar-refractivity contribution in [2.24, 2.45) is 0 Å². The lowest BCUT2D eigenvalue weighted by atomic mass is 10.2. The average Bonchev–Trinajstić information content (AvgIpc) is 2.25. The standard InChI is InChI=1S/C10H19N5S/c1-7(4-5-16-3)13-9-6-8(12-2)14-10(11)15-9/h6-7H,4-5H2,1-3H3,(H4,11,12,13,14,15). The molecule has 1 atom stereocenters. The van der Waals surface area contributed by atoms with Crippen LogP contribution in [0.15, 0.2) is 6.07 Å². The summed E-state index contributed by atoms with van der Waals surface area (Å²) in [6.07, 6.45) is 3.20. The van der Waals surface area contributed by atoms with E-state index in [4.69, 9.17) is 5.73 Å². The lowest BCUT2D eigenvalue weighted by molar-refractivity contribution is 0.766. The summed E-state index contributed by atoms with van der Waals surface area (Å²) >= 11 is 1.84. The minimum Gasteiger partial charge on any atom is -0.373 e. The van der Waals surface area contributed by atoms with Crippen LogP contribution in [-0.4, -0.2) is 35.1 Å². The smallest absolute Gasteiger partial charge is 0.223 e. The largest absolute Gasteiger partial charge is 0.373 e. The number of nitrogens with two attached hydrogens (primary N) is 1. The van der Waals surface area contributed by atoms with Crippen molar-refractivity contribution in [3.63, 3.8) is 0 Å². The molecule has 0 radical (unpaired) electrons. The molecular formula is C10H19N5S. The number of hydrogen-bond donors (Lipinski definition) is 3. The normalized spacial score (nSPS) is 12.2. The van der Waals surface area contributed by atoms with E-state index in [1.54, 1.807) is 0 Å². The Morgan fingerprint density at radius 1 is 1.44 bits per heavy atom. The van der Waals surface area contributed by atoms with Gasteiger partial charge in [0.2, 0.25) is 5.95 Å². The fraction of sp³-hybridized carbons (Fsp3) is 0.600. The van der Waals surface area contributed by atoms with Crippen molar-refractivity contribution in [3.8, 4) is 0 Å². The molecule has 16 heavy (non-hydrogen) atoms. The van der Waals surface area contributed by atoms with Crippen LogP contribution in [0, 0.1) is 0 Å². The first-order valence-electron chi connectivity index (χ1n) is 5.23. The SMILES string of the molecule is CNc1cc(NC(C)CCSC)nc(N)n1. The molecule has 0 saturated carbocycles. The summed E-state index contributed by atoms with van der Waals surface area (Å²) in [5, 5.41) is 6.26. The molecule has 1 rings (SSSR count). The molecule has 1 aromatic heterocycles. The minimum atomic E-state index is 0.284. The van der Waals surface area contributed by atoms with E-state index < -0.39 is 0 Å². The molecule has 0 spiro atoms. The molecule has 1 aromatic rings. The van der Waals surface area contributed by atoms with Crippen LogP contribution in [0.3, 0.4) is 0 Å². The van der Waals surface area contributed by atoms with Crippen molar-refractivity contribution >= 4 is 29.3 Å². The fourth-order valence-electron chi connectivity index (χ4n) is 1.29. The van der Waals surface area contributed by atoms with Gasteiger partial charge in [-0.05, 0) is 25.4 Å². The number of aromatic nitrogens is 2. The third-order valence-electron chi connectivity index (χ3n) is 2.15. The lowest BCUT2D eigenvalue weighted by Crippen LogP contribution is -2.17. The van der Waals surface area contributed by atoms with E-state index in [-0.39, 0.29) is 5.95 Å². The van der Waals surface area contributed by atoms with Gasteiger partial charge in [0.25, 0.3) is 0 Å². The van der Waals surface area contributed by atoms with E-state index in [0.717, 1.165) is 23.8 Å². The Hall–Kier alpha value is -1.17. The van der Waals surface area contributed by atoms with Crippen molar-refractivity contribution < 1.29 is 0 Å². The second kappa shape index (κ2) is 6.42. The van der Waals surface area contributed by atoms with Crippen LogP contribution in [0.4, 0.5) is 17.6 Å². The zero-order valence-corrected chi connectivity index (χ0v) is 10.8. The van der Waals surface area contributed by atoms with Crippen molar-refractivity contribution in [2.75, 3.05) is 35.4 Å². The summed E-state index contributed by atoms with van der Waals surface area (Å²) in [6.45, 7) is 2.13. The summed E-state index contributed by atoms with van der Waals surface area (Å²) in [5.74, 6) is 2.91. The van der Waals surface area contributed by atoms with Crippen LogP contribution >= 0.6 is 11.8 Å². The molecule has 1 unspecified atom stereocenters. The second-order valence-electron chi connectivity index (χ2n) is 3.57. The van der Waals surface area contributed by atoms with Gasteiger partial charge in [0.1, 0.15) is 11.6 Å². The van der Waals surface area contributed by atoms with Crippen LogP contribution in [0.25, 0.3) is 0 Å². The Morgan fingerprint density at radius 3 is 2.75 bits per heavy atom. The molecule has 0 saturated heterocycles. The zero-order chi connectivity index (χ0) is 12.0. The summed E-state index contributed by atoms with van der Waals surface area (Å²) < 4.78 is 0. The van der Waals surface area contributed by atoms with Crippen molar-refractivity contribution in [2.45, 2.75) is 19.4 Å². The molecule has 4 N–H and O–H groups in total. The summed E-state index contributed by atoms with van der Waals surface area (Å²) in [7, 11) is 1.81. The Bertz CT molecular complexity index is 331. The minimum absolute atomic E-state index is 0.284. The van der Waals surface area contributed by atoms with E-state index >= 15 is 0 Å². The molecule has 1 heterocycles. The molecule has 0 aliphatic rings. The molecule has 0 amide bonds. The van der Waals surface area contributed by atoms with Crippen molar-refractivity contribution in [3.05, 3.63) is 6.07 Å². The van der Waals surface area contributed by atoms with Crippen LogP contribution in [0.1, 0.15) is 13.3 Å². The molecule has 0 aliphatic carbocycles. The number of nitrogen functional groups attached to an aromatic ring is 1. The van der Waals surface area contributed by atoms with E-state index in [1.165, 1.54) is 0 Å². The lowest BCUT2D eigenvalue weighted by Gasteiger charge is -2.14. The highest BCUT2D eigenvalue weighted by molar-refractivity contribution is 7.98. The Balaban J connectivity index is 2.61. The molecule has 5 nitrogen and oxygen atoms in total. The maximum Gasteiger partial charge on any atom is 0.223 e. The summed E-state index contributed by atoms with van der Waals surface area (Å²) in [6, 6.07) is 2.23.